The van der Waals surface area contributed by atoms with Gasteiger partial charge >= 0.3 is 5.97 Å². The molecule has 0 unspecified atom stereocenters. The minimum Gasteiger partial charge on any atom is -0.461 e. The molecule has 5 nitrogen and oxygen atoms in total. The van der Waals surface area contributed by atoms with Gasteiger partial charge in [0.15, 0.2) is 0 Å². The number of hydrogen-bond acceptors (Lipinski definition) is 3. The van der Waals surface area contributed by atoms with Gasteiger partial charge in [0.1, 0.15) is 11.5 Å². The van der Waals surface area contributed by atoms with Crippen molar-refractivity contribution in [3.63, 3.8) is 0 Å². The second-order valence-electron chi connectivity index (χ2n) is 2.74. The lowest BCUT2D eigenvalue weighted by Gasteiger charge is -1.96. The molecule has 0 fully saturated rings. The van der Waals surface area contributed by atoms with Crippen molar-refractivity contribution in [3.05, 3.63) is 23.8 Å². The summed E-state index contributed by atoms with van der Waals surface area (Å²) in [6.45, 7) is 2.00. The third kappa shape index (κ3) is 3.36. The highest BCUT2D eigenvalue weighted by atomic mass is 35.5. The number of halogens is 2. The lowest BCUT2D eigenvalue weighted by Crippen LogP contribution is -2.34. The topological polar surface area (TPSA) is 80.6 Å². The number of allylic oxidation sites excluding steroid dienone is 1. The van der Waals surface area contributed by atoms with E-state index in [-0.39, 0.29) is 15.9 Å². The number of nitrogens with one attached hydrogen (secondary N) is 1. The van der Waals surface area contributed by atoms with Crippen molar-refractivity contribution in [1.29, 1.82) is 0 Å². The fraction of sp³-hybridized carbons (Fsp3) is 0.222. The van der Waals surface area contributed by atoms with Gasteiger partial charge < -0.3 is 9.72 Å². The summed E-state index contributed by atoms with van der Waals surface area (Å²) in [6.07, 6.45) is 2.64. The van der Waals surface area contributed by atoms with Crippen LogP contribution in [0.2, 0.25) is 0 Å². The number of imidazole rings is 1. The van der Waals surface area contributed by atoms with Crippen LogP contribution in [0.4, 0.5) is 0 Å². The molecule has 0 saturated carbocycles. The van der Waals surface area contributed by atoms with E-state index in [0.29, 0.717) is 12.4 Å². The SMILES string of the molecule is CCOC(=O)c1cnc(/C(Cl)=C\C(=[NH2+])Cl)[nH]1. The van der Waals surface area contributed by atoms with Crippen LogP contribution in [0.15, 0.2) is 12.3 Å². The molecule has 3 N–H and O–H groups in total. The first kappa shape index (κ1) is 12.7. The maximum atomic E-state index is 11.3. The van der Waals surface area contributed by atoms with Crippen LogP contribution >= 0.6 is 23.2 Å². The molecule has 0 aliphatic rings. The highest BCUT2D eigenvalue weighted by Crippen LogP contribution is 2.15. The number of aromatic amines is 1. The maximum absolute atomic E-state index is 11.3. The molecule has 16 heavy (non-hydrogen) atoms. The normalized spacial score (nSPS) is 11.3. The van der Waals surface area contributed by atoms with Gasteiger partial charge in [-0.05, 0) is 18.5 Å². The van der Waals surface area contributed by atoms with E-state index >= 15 is 0 Å². The molecule has 0 radical (unpaired) electrons. The van der Waals surface area contributed by atoms with Crippen molar-refractivity contribution in [2.75, 3.05) is 6.61 Å². The average molecular weight is 263 g/mol. The molecule has 1 heterocycles. The van der Waals surface area contributed by atoms with Crippen LogP contribution in [0.25, 0.3) is 5.03 Å². The van der Waals surface area contributed by atoms with Crippen LogP contribution in [0.3, 0.4) is 0 Å². The molecule has 0 atom stereocenters. The third-order valence-corrected chi connectivity index (χ3v) is 1.96. The first-order valence-electron chi connectivity index (χ1n) is 4.42. The summed E-state index contributed by atoms with van der Waals surface area (Å²) >= 11 is 11.3. The number of hydrogen-bond donors (Lipinski definition) is 2. The zero-order chi connectivity index (χ0) is 12.1. The van der Waals surface area contributed by atoms with Crippen LogP contribution in [0, 0.1) is 0 Å². The minimum atomic E-state index is -0.492. The molecule has 86 valence electrons. The Balaban J connectivity index is 2.87. The number of ether oxygens (including phenoxy) is 1. The molecule has 0 aliphatic heterocycles. The van der Waals surface area contributed by atoms with Gasteiger partial charge in [0.25, 0.3) is 5.17 Å². The van der Waals surface area contributed by atoms with Crippen LogP contribution in [-0.2, 0) is 4.74 Å². The Morgan fingerprint density at radius 3 is 2.94 bits per heavy atom. The Kier molecular flexibility index (Phi) is 4.52. The van der Waals surface area contributed by atoms with Crippen molar-refractivity contribution in [2.24, 2.45) is 0 Å². The number of aromatic nitrogens is 2. The molecule has 0 amide bonds. The van der Waals surface area contributed by atoms with Crippen molar-refractivity contribution in [1.82, 2.24) is 9.97 Å². The number of nitrogens with two attached hydrogens (primary N) is 1. The Morgan fingerprint density at radius 2 is 2.38 bits per heavy atom. The smallest absolute Gasteiger partial charge is 0.356 e. The number of H-pyrrole nitrogens is 1. The molecule has 0 aromatic carbocycles. The van der Waals surface area contributed by atoms with Gasteiger partial charge in [-0.2, -0.15) is 0 Å². The second kappa shape index (κ2) is 5.67. The average Bonchev–Trinajstić information content (AvgIpc) is 2.65. The predicted octanol–water partition coefficient (Wildman–Crippen LogP) is 0.563. The number of nitrogens with zero attached hydrogens (tertiary/aromatic N) is 1. The number of rotatable bonds is 4. The zero-order valence-electron chi connectivity index (χ0n) is 8.46. The quantitative estimate of drug-likeness (QED) is 0.615. The summed E-state index contributed by atoms with van der Waals surface area (Å²) in [5.41, 5.74) is 0.219. The van der Waals surface area contributed by atoms with E-state index in [9.17, 15) is 4.79 Å². The molecule has 1 rings (SSSR count). The predicted molar refractivity (Wildman–Crippen MR) is 61.2 cm³/mol. The van der Waals surface area contributed by atoms with Gasteiger partial charge in [0, 0.05) is 6.08 Å². The fourth-order valence-corrected chi connectivity index (χ4v) is 1.32. The number of esters is 1. The first-order chi connectivity index (χ1) is 7.54. The minimum absolute atomic E-state index is 0.0269. The summed E-state index contributed by atoms with van der Waals surface area (Å²) in [7, 11) is 0. The Hall–Kier alpha value is -1.33. The van der Waals surface area contributed by atoms with Gasteiger partial charge in [0.05, 0.1) is 17.8 Å². The monoisotopic (exact) mass is 262 g/mol. The van der Waals surface area contributed by atoms with Crippen LogP contribution < -0.4 is 5.41 Å². The standard InChI is InChI=1S/C9H9Cl2N3O2/c1-2-16-9(15)6-4-13-8(14-6)5(10)3-7(11)12/h3-4,12H,2H2,1H3,(H,13,14)/p+1/b5-3+,12-7?. The van der Waals surface area contributed by atoms with E-state index in [1.807, 2.05) is 0 Å². The summed E-state index contributed by atoms with van der Waals surface area (Å²) < 4.78 is 4.77. The molecular formula is C9H10Cl2N3O2+. The van der Waals surface area contributed by atoms with Crippen molar-refractivity contribution >= 4 is 39.4 Å². The third-order valence-electron chi connectivity index (χ3n) is 1.56. The largest absolute Gasteiger partial charge is 0.461 e. The van der Waals surface area contributed by atoms with Crippen molar-refractivity contribution < 1.29 is 14.9 Å². The molecule has 0 spiro atoms. The van der Waals surface area contributed by atoms with E-state index in [1.165, 1.54) is 12.3 Å². The summed E-state index contributed by atoms with van der Waals surface area (Å²) in [4.78, 5) is 17.9. The molecule has 0 saturated heterocycles. The van der Waals surface area contributed by atoms with Gasteiger partial charge in [-0.15, -0.1) is 0 Å². The Labute approximate surface area is 102 Å². The highest BCUT2D eigenvalue weighted by molar-refractivity contribution is 6.68. The van der Waals surface area contributed by atoms with Gasteiger partial charge in [-0.1, -0.05) is 11.6 Å². The van der Waals surface area contributed by atoms with Gasteiger partial charge in [-0.25, -0.2) is 15.2 Å². The van der Waals surface area contributed by atoms with E-state index in [4.69, 9.17) is 33.3 Å². The van der Waals surface area contributed by atoms with Crippen LogP contribution in [0.5, 0.6) is 0 Å². The zero-order valence-corrected chi connectivity index (χ0v) is 9.97. The Bertz CT molecular complexity index is 440. The number of carbonyl (C=O) groups excluding carboxylic acids is 1. The molecule has 0 bridgehead atoms. The van der Waals surface area contributed by atoms with Crippen molar-refractivity contribution in [2.45, 2.75) is 6.92 Å². The lowest BCUT2D eigenvalue weighted by molar-refractivity contribution is -0.107. The summed E-state index contributed by atoms with van der Waals surface area (Å²) in [5, 5.41) is 5.47. The van der Waals surface area contributed by atoms with E-state index in [1.54, 1.807) is 6.92 Å². The van der Waals surface area contributed by atoms with Crippen LogP contribution in [-0.4, -0.2) is 27.7 Å². The fourth-order valence-electron chi connectivity index (χ4n) is 0.945. The van der Waals surface area contributed by atoms with Crippen LogP contribution in [0.1, 0.15) is 23.2 Å². The maximum Gasteiger partial charge on any atom is 0.356 e. The van der Waals surface area contributed by atoms with E-state index in [2.05, 4.69) is 9.97 Å². The molecule has 0 aliphatic carbocycles. The van der Waals surface area contributed by atoms with Gasteiger partial charge in [-0.3, -0.25) is 0 Å². The van der Waals surface area contributed by atoms with E-state index in [0.717, 1.165) is 0 Å². The summed E-state index contributed by atoms with van der Waals surface area (Å²) in [6, 6.07) is 0. The molecule has 1 aromatic heterocycles. The Morgan fingerprint density at radius 1 is 1.69 bits per heavy atom. The molecular weight excluding hydrogens is 253 g/mol. The van der Waals surface area contributed by atoms with Gasteiger partial charge in [0.2, 0.25) is 0 Å². The number of carbonyl (C=O) groups is 1. The first-order valence-corrected chi connectivity index (χ1v) is 5.17. The molecule has 7 heteroatoms. The molecule has 1 aromatic rings. The van der Waals surface area contributed by atoms with E-state index < -0.39 is 5.97 Å². The summed E-state index contributed by atoms with van der Waals surface area (Å²) in [5.74, 6) is -0.193. The second-order valence-corrected chi connectivity index (χ2v) is 3.59. The lowest BCUT2D eigenvalue weighted by atomic mass is 10.5. The highest BCUT2D eigenvalue weighted by Gasteiger charge is 2.12. The van der Waals surface area contributed by atoms with Crippen molar-refractivity contribution in [3.8, 4) is 0 Å².